The highest BCUT2D eigenvalue weighted by molar-refractivity contribution is 7.92. The third kappa shape index (κ3) is 5.17. The van der Waals surface area contributed by atoms with Crippen LogP contribution in [0.3, 0.4) is 0 Å². The lowest BCUT2D eigenvalue weighted by atomic mass is 9.99. The molecule has 0 aliphatic rings. The number of fused-ring (bicyclic) bond motifs is 1. The van der Waals surface area contributed by atoms with Gasteiger partial charge in [0.2, 0.25) is 5.03 Å². The Kier molecular flexibility index (Phi) is 7.25. The van der Waals surface area contributed by atoms with Gasteiger partial charge in [-0.05, 0) is 47.9 Å². The number of nitrogens with zero attached hydrogens (tertiary/aromatic N) is 1. The molecule has 11 heteroatoms. The van der Waals surface area contributed by atoms with Gasteiger partial charge in [-0.2, -0.15) is 8.42 Å². The van der Waals surface area contributed by atoms with Crippen LogP contribution in [0.5, 0.6) is 17.2 Å². The summed E-state index contributed by atoms with van der Waals surface area (Å²) in [4.78, 5) is 11.4. The van der Waals surface area contributed by atoms with E-state index in [-0.39, 0.29) is 22.2 Å². The van der Waals surface area contributed by atoms with Gasteiger partial charge < -0.3 is 23.8 Å². The molecule has 194 valence electrons. The molecule has 37 heavy (non-hydrogen) atoms. The van der Waals surface area contributed by atoms with Gasteiger partial charge in [-0.25, -0.2) is 4.79 Å². The minimum absolute atomic E-state index is 0.0567. The fourth-order valence-electron chi connectivity index (χ4n) is 4.05. The molecule has 1 heterocycles. The highest BCUT2D eigenvalue weighted by atomic mass is 32.2. The van der Waals surface area contributed by atoms with E-state index < -0.39 is 21.0 Å². The van der Waals surface area contributed by atoms with E-state index in [1.165, 1.54) is 25.3 Å². The van der Waals surface area contributed by atoms with E-state index in [9.17, 15) is 18.3 Å². The quantitative estimate of drug-likeness (QED) is 0.306. The van der Waals surface area contributed by atoms with Gasteiger partial charge in [0.15, 0.2) is 5.58 Å². The van der Waals surface area contributed by atoms with E-state index in [0.29, 0.717) is 30.1 Å². The molecule has 1 aromatic heterocycles. The standard InChI is InChI=1S/C26H26N2O8S/c1-5-15-10-18(12-16-6-8-19(33-2)14-23(16)34-3)24(35-4)21(11-15)28-37(31,32)25-20-13-17(26(29)30)7-9-22(20)36-27-25/h6-11,13-14,28H,5,12H2,1-4H3,(H,29,30). The number of carboxylic acids is 1. The first kappa shape index (κ1) is 25.8. The highest BCUT2D eigenvalue weighted by Crippen LogP contribution is 2.37. The smallest absolute Gasteiger partial charge is 0.335 e. The van der Waals surface area contributed by atoms with Crippen LogP contribution in [0.2, 0.25) is 0 Å². The predicted octanol–water partition coefficient (Wildman–Crippen LogP) is 4.51. The van der Waals surface area contributed by atoms with Gasteiger partial charge in [0.25, 0.3) is 10.0 Å². The number of sulfonamides is 1. The van der Waals surface area contributed by atoms with Crippen LogP contribution in [0, 0.1) is 0 Å². The van der Waals surface area contributed by atoms with Gasteiger partial charge in [-0.1, -0.05) is 24.2 Å². The van der Waals surface area contributed by atoms with Crippen molar-refractivity contribution < 1.29 is 37.1 Å². The van der Waals surface area contributed by atoms with Crippen molar-refractivity contribution in [2.24, 2.45) is 0 Å². The second-order valence-corrected chi connectivity index (χ2v) is 9.75. The summed E-state index contributed by atoms with van der Waals surface area (Å²) in [6, 6.07) is 13.0. The lowest BCUT2D eigenvalue weighted by molar-refractivity contribution is 0.0697. The van der Waals surface area contributed by atoms with Crippen molar-refractivity contribution in [1.29, 1.82) is 0 Å². The van der Waals surface area contributed by atoms with Gasteiger partial charge in [-0.3, -0.25) is 4.72 Å². The summed E-state index contributed by atoms with van der Waals surface area (Å²) in [7, 11) is 0.315. The van der Waals surface area contributed by atoms with Crippen LogP contribution in [0.25, 0.3) is 11.0 Å². The molecular weight excluding hydrogens is 500 g/mol. The monoisotopic (exact) mass is 526 g/mol. The number of carbonyl (C=O) groups is 1. The zero-order valence-corrected chi connectivity index (χ0v) is 21.5. The number of aromatic carboxylic acids is 1. The molecule has 0 amide bonds. The van der Waals surface area contributed by atoms with Gasteiger partial charge in [0.05, 0.1) is 38.0 Å². The Hall–Kier alpha value is -4.25. The minimum Gasteiger partial charge on any atom is -0.497 e. The number of nitrogens with one attached hydrogen (secondary N) is 1. The molecule has 0 saturated heterocycles. The molecule has 0 radical (unpaired) electrons. The van der Waals surface area contributed by atoms with E-state index in [2.05, 4.69) is 9.88 Å². The van der Waals surface area contributed by atoms with E-state index in [1.807, 2.05) is 25.1 Å². The van der Waals surface area contributed by atoms with Crippen molar-refractivity contribution >= 4 is 32.6 Å². The summed E-state index contributed by atoms with van der Waals surface area (Å²) in [5.74, 6) is 0.399. The third-order valence-electron chi connectivity index (χ3n) is 5.90. The van der Waals surface area contributed by atoms with Crippen molar-refractivity contribution in [3.63, 3.8) is 0 Å². The van der Waals surface area contributed by atoms with E-state index in [4.69, 9.17) is 18.7 Å². The molecule has 0 bridgehead atoms. The second kappa shape index (κ2) is 10.4. The summed E-state index contributed by atoms with van der Waals surface area (Å²) in [5.41, 5.74) is 2.74. The largest absolute Gasteiger partial charge is 0.497 e. The minimum atomic E-state index is -4.28. The number of aromatic nitrogens is 1. The molecule has 4 aromatic rings. The van der Waals surface area contributed by atoms with Crippen molar-refractivity contribution in [3.8, 4) is 17.2 Å². The van der Waals surface area contributed by atoms with Crippen LogP contribution in [0.15, 0.2) is 58.1 Å². The third-order valence-corrected chi connectivity index (χ3v) is 7.19. The summed E-state index contributed by atoms with van der Waals surface area (Å²) < 4.78 is 50.9. The molecule has 0 saturated carbocycles. The van der Waals surface area contributed by atoms with Crippen molar-refractivity contribution in [2.45, 2.75) is 24.8 Å². The highest BCUT2D eigenvalue weighted by Gasteiger charge is 2.26. The lowest BCUT2D eigenvalue weighted by Gasteiger charge is -2.18. The average Bonchev–Trinajstić information content (AvgIpc) is 3.33. The second-order valence-electron chi connectivity index (χ2n) is 8.15. The molecule has 0 fully saturated rings. The maximum atomic E-state index is 13.4. The summed E-state index contributed by atoms with van der Waals surface area (Å²) in [6.07, 6.45) is 1.04. The fourth-order valence-corrected chi connectivity index (χ4v) is 5.17. The Labute approximate surface area is 213 Å². The molecule has 0 spiro atoms. The first-order valence-electron chi connectivity index (χ1n) is 11.3. The maximum absolute atomic E-state index is 13.4. The zero-order valence-electron chi connectivity index (χ0n) is 20.7. The number of hydrogen-bond donors (Lipinski definition) is 2. The Balaban J connectivity index is 1.77. The normalized spacial score (nSPS) is 11.4. The molecule has 2 N–H and O–H groups in total. The Morgan fingerprint density at radius 3 is 2.43 bits per heavy atom. The first-order chi connectivity index (χ1) is 17.7. The van der Waals surface area contributed by atoms with Crippen LogP contribution >= 0.6 is 0 Å². The van der Waals surface area contributed by atoms with Gasteiger partial charge in [-0.15, -0.1) is 0 Å². The summed E-state index contributed by atoms with van der Waals surface area (Å²) in [6.45, 7) is 1.95. The Morgan fingerprint density at radius 2 is 1.78 bits per heavy atom. The molecule has 10 nitrogen and oxygen atoms in total. The molecular formula is C26H26N2O8S. The number of rotatable bonds is 10. The number of hydrogen-bond acceptors (Lipinski definition) is 8. The van der Waals surface area contributed by atoms with E-state index >= 15 is 0 Å². The topological polar surface area (TPSA) is 137 Å². The average molecular weight is 527 g/mol. The first-order valence-corrected chi connectivity index (χ1v) is 12.7. The zero-order chi connectivity index (χ0) is 26.7. The lowest BCUT2D eigenvalue weighted by Crippen LogP contribution is -2.15. The molecule has 3 aromatic carbocycles. The molecule has 0 atom stereocenters. The SMILES string of the molecule is CCc1cc(Cc2ccc(OC)cc2OC)c(OC)c(NS(=O)(=O)c2noc3ccc(C(=O)O)cc23)c1. The van der Waals surface area contributed by atoms with Crippen molar-refractivity contribution in [1.82, 2.24) is 5.16 Å². The molecule has 0 aliphatic carbocycles. The molecule has 4 rings (SSSR count). The van der Waals surface area contributed by atoms with Gasteiger partial charge >= 0.3 is 5.97 Å². The van der Waals surface area contributed by atoms with Crippen molar-refractivity contribution in [3.05, 3.63) is 70.8 Å². The van der Waals surface area contributed by atoms with Crippen molar-refractivity contribution in [2.75, 3.05) is 26.1 Å². The summed E-state index contributed by atoms with van der Waals surface area (Å²) in [5, 5.41) is 12.6. The number of methoxy groups -OCH3 is 3. The summed E-state index contributed by atoms with van der Waals surface area (Å²) >= 11 is 0. The fraction of sp³-hybridized carbons (Fsp3) is 0.231. The number of anilines is 1. The van der Waals surface area contributed by atoms with E-state index in [0.717, 1.165) is 16.7 Å². The van der Waals surface area contributed by atoms with Crippen LogP contribution in [0.4, 0.5) is 5.69 Å². The van der Waals surface area contributed by atoms with Crippen LogP contribution in [0.1, 0.15) is 34.0 Å². The van der Waals surface area contributed by atoms with Gasteiger partial charge in [0, 0.05) is 18.1 Å². The number of aryl methyl sites for hydroxylation is 1. The molecule has 0 unspecified atom stereocenters. The van der Waals surface area contributed by atoms with Crippen LogP contribution in [-0.2, 0) is 22.9 Å². The number of carboxylic acid groups (broad SMARTS) is 1. The van der Waals surface area contributed by atoms with Gasteiger partial charge in [0.1, 0.15) is 17.2 Å². The van der Waals surface area contributed by atoms with Crippen LogP contribution in [-0.4, -0.2) is 46.0 Å². The van der Waals surface area contributed by atoms with E-state index in [1.54, 1.807) is 26.4 Å². The molecule has 0 aliphatic heterocycles. The Morgan fingerprint density at radius 1 is 1.00 bits per heavy atom. The number of benzene rings is 3. The van der Waals surface area contributed by atoms with Crippen LogP contribution < -0.4 is 18.9 Å². The maximum Gasteiger partial charge on any atom is 0.335 e. The Bertz CT molecular complexity index is 1580. The number of ether oxygens (including phenoxy) is 3. The predicted molar refractivity (Wildman–Crippen MR) is 137 cm³/mol.